The lowest BCUT2D eigenvalue weighted by molar-refractivity contribution is -0.385. The highest BCUT2D eigenvalue weighted by atomic mass is 32.2. The summed E-state index contributed by atoms with van der Waals surface area (Å²) in [4.78, 5) is 40.7. The van der Waals surface area contributed by atoms with Crippen molar-refractivity contribution in [2.75, 3.05) is 24.5 Å². The zero-order valence-corrected chi connectivity index (χ0v) is 29.0. The highest BCUT2D eigenvalue weighted by Crippen LogP contribution is 2.30. The first-order valence-corrected chi connectivity index (χ1v) is 17.5. The third-order valence-electron chi connectivity index (χ3n) is 8.14. The number of unbranched alkanes of at least 4 members (excludes halogenated alkanes) is 1. The van der Waals surface area contributed by atoms with E-state index in [2.05, 4.69) is 5.32 Å². The van der Waals surface area contributed by atoms with Crippen LogP contribution in [0, 0.1) is 24.0 Å². The summed E-state index contributed by atoms with van der Waals surface area (Å²) in [5.41, 5.74) is 2.61. The molecule has 0 aliphatic heterocycles. The summed E-state index contributed by atoms with van der Waals surface area (Å²) in [7, 11) is -3.06. The number of hydrogen-bond donors (Lipinski definition) is 1. The van der Waals surface area contributed by atoms with E-state index in [0.29, 0.717) is 12.3 Å². The molecular weight excluding hydrogens is 644 g/mol. The molecule has 0 radical (unpaired) electrons. The Morgan fingerprint density at radius 1 is 0.918 bits per heavy atom. The summed E-state index contributed by atoms with van der Waals surface area (Å²) in [5.74, 6) is -0.522. The van der Waals surface area contributed by atoms with Crippen LogP contribution in [0.25, 0.3) is 0 Å². The number of aryl methyl sites for hydroxylation is 2. The van der Waals surface area contributed by atoms with Crippen LogP contribution >= 0.6 is 0 Å². The van der Waals surface area contributed by atoms with Gasteiger partial charge >= 0.3 is 0 Å². The lowest BCUT2D eigenvalue weighted by Gasteiger charge is -2.34. The summed E-state index contributed by atoms with van der Waals surface area (Å²) < 4.78 is 34.8. The van der Waals surface area contributed by atoms with E-state index in [9.17, 15) is 28.1 Å². The molecular formula is C37H42N4O7S. The minimum absolute atomic E-state index is 0.0334. The van der Waals surface area contributed by atoms with Crippen LogP contribution < -0.4 is 14.4 Å². The van der Waals surface area contributed by atoms with E-state index in [1.54, 1.807) is 12.1 Å². The van der Waals surface area contributed by atoms with Crippen molar-refractivity contribution < 1.29 is 27.7 Å². The number of hydrogen-bond acceptors (Lipinski definition) is 7. The van der Waals surface area contributed by atoms with Gasteiger partial charge in [-0.15, -0.1) is 0 Å². The SMILES string of the molecule is CCCCNC(=O)C(Cc1ccccc1)N(Cc1cccc(C)c1)C(=O)CN(c1ccc(OC)cc1)S(=O)(=O)c1ccc(C)c([N+](=O)[O-])c1. The topological polar surface area (TPSA) is 139 Å². The largest absolute Gasteiger partial charge is 0.497 e. The molecule has 0 spiro atoms. The summed E-state index contributed by atoms with van der Waals surface area (Å²) in [6.07, 6.45) is 1.80. The maximum absolute atomic E-state index is 14.6. The number of methoxy groups -OCH3 is 1. The van der Waals surface area contributed by atoms with Crippen LogP contribution in [0.2, 0.25) is 0 Å². The van der Waals surface area contributed by atoms with Gasteiger partial charge in [-0.2, -0.15) is 0 Å². The van der Waals surface area contributed by atoms with Gasteiger partial charge in [-0.1, -0.05) is 79.6 Å². The van der Waals surface area contributed by atoms with Gasteiger partial charge in [0.1, 0.15) is 18.3 Å². The van der Waals surface area contributed by atoms with Crippen LogP contribution in [0.1, 0.15) is 42.0 Å². The number of amides is 2. The molecule has 258 valence electrons. The number of nitro groups is 1. The summed E-state index contributed by atoms with van der Waals surface area (Å²) >= 11 is 0. The van der Waals surface area contributed by atoms with E-state index >= 15 is 0 Å². The van der Waals surface area contributed by atoms with Gasteiger partial charge in [0.2, 0.25) is 11.8 Å². The van der Waals surface area contributed by atoms with Gasteiger partial charge in [0.25, 0.3) is 15.7 Å². The lowest BCUT2D eigenvalue weighted by Crippen LogP contribution is -2.53. The standard InChI is InChI=1S/C37H42N4O7S/c1-5-6-21-38-37(43)35(23-29-12-8-7-9-13-29)39(25-30-14-10-11-27(2)22-30)36(42)26-40(31-16-18-32(48-4)19-17-31)49(46,47)33-20-15-28(3)34(24-33)41(44)45/h7-20,22,24,35H,5-6,21,23,25-26H2,1-4H3,(H,38,43). The fourth-order valence-corrected chi connectivity index (χ4v) is 6.85. The molecule has 0 saturated heterocycles. The number of anilines is 1. The number of benzene rings is 4. The van der Waals surface area contributed by atoms with Gasteiger partial charge in [-0.25, -0.2) is 8.42 Å². The second kappa shape index (κ2) is 16.7. The van der Waals surface area contributed by atoms with Crippen molar-refractivity contribution in [3.8, 4) is 5.75 Å². The lowest BCUT2D eigenvalue weighted by atomic mass is 10.0. The molecule has 4 aromatic rings. The van der Waals surface area contributed by atoms with Gasteiger partial charge < -0.3 is 15.0 Å². The number of nitrogens with one attached hydrogen (secondary N) is 1. The Bertz CT molecular complexity index is 1870. The molecule has 0 aromatic heterocycles. The van der Waals surface area contributed by atoms with E-state index in [4.69, 9.17) is 4.74 Å². The number of carbonyl (C=O) groups excluding carboxylic acids is 2. The molecule has 0 bridgehead atoms. The number of nitro benzene ring substituents is 1. The highest BCUT2D eigenvalue weighted by Gasteiger charge is 2.35. The normalized spacial score (nSPS) is 11.8. The van der Waals surface area contributed by atoms with Crippen molar-refractivity contribution in [1.29, 1.82) is 0 Å². The molecule has 0 saturated carbocycles. The van der Waals surface area contributed by atoms with Crippen LogP contribution in [0.15, 0.2) is 102 Å². The number of ether oxygens (including phenoxy) is 1. The molecule has 1 unspecified atom stereocenters. The van der Waals surface area contributed by atoms with Crippen molar-refractivity contribution in [3.63, 3.8) is 0 Å². The Morgan fingerprint density at radius 3 is 2.24 bits per heavy atom. The molecule has 49 heavy (non-hydrogen) atoms. The van der Waals surface area contributed by atoms with E-state index in [1.165, 1.54) is 43.2 Å². The second-order valence-corrected chi connectivity index (χ2v) is 13.6. The Labute approximate surface area is 287 Å². The summed E-state index contributed by atoms with van der Waals surface area (Å²) in [6, 6.07) is 25.6. The fourth-order valence-electron chi connectivity index (χ4n) is 5.42. The minimum atomic E-state index is -4.54. The van der Waals surface area contributed by atoms with E-state index in [-0.39, 0.29) is 40.7 Å². The molecule has 4 aromatic carbocycles. The fraction of sp³-hybridized carbons (Fsp3) is 0.297. The third-order valence-corrected chi connectivity index (χ3v) is 9.91. The predicted octanol–water partition coefficient (Wildman–Crippen LogP) is 5.97. The van der Waals surface area contributed by atoms with Gasteiger partial charge in [-0.3, -0.25) is 24.0 Å². The van der Waals surface area contributed by atoms with Gasteiger partial charge in [0, 0.05) is 31.1 Å². The van der Waals surface area contributed by atoms with E-state index < -0.39 is 33.4 Å². The molecule has 11 nitrogen and oxygen atoms in total. The molecule has 2 amide bonds. The molecule has 4 rings (SSSR count). The smallest absolute Gasteiger partial charge is 0.273 e. The molecule has 1 atom stereocenters. The van der Waals surface area contributed by atoms with Crippen molar-refractivity contribution in [1.82, 2.24) is 10.2 Å². The highest BCUT2D eigenvalue weighted by molar-refractivity contribution is 7.92. The van der Waals surface area contributed by atoms with Crippen molar-refractivity contribution in [2.24, 2.45) is 0 Å². The molecule has 0 aliphatic rings. The number of carbonyl (C=O) groups is 2. The number of sulfonamides is 1. The molecule has 1 N–H and O–H groups in total. The van der Waals surface area contributed by atoms with Crippen LogP contribution in [0.3, 0.4) is 0 Å². The van der Waals surface area contributed by atoms with Gasteiger partial charge in [0.15, 0.2) is 0 Å². The van der Waals surface area contributed by atoms with Gasteiger partial charge in [0.05, 0.1) is 22.6 Å². The van der Waals surface area contributed by atoms with Crippen LogP contribution in [-0.4, -0.2) is 56.3 Å². The maximum atomic E-state index is 14.6. The molecule has 0 aliphatic carbocycles. The molecule has 0 heterocycles. The van der Waals surface area contributed by atoms with Crippen LogP contribution in [-0.2, 0) is 32.6 Å². The first kappa shape index (κ1) is 36.6. The Morgan fingerprint density at radius 2 is 1.61 bits per heavy atom. The third kappa shape index (κ3) is 9.44. The van der Waals surface area contributed by atoms with Gasteiger partial charge in [-0.05, 0) is 61.7 Å². The first-order chi connectivity index (χ1) is 23.4. The van der Waals surface area contributed by atoms with E-state index in [1.807, 2.05) is 68.4 Å². The number of rotatable bonds is 16. The average molecular weight is 687 g/mol. The predicted molar refractivity (Wildman–Crippen MR) is 189 cm³/mol. The minimum Gasteiger partial charge on any atom is -0.497 e. The van der Waals surface area contributed by atoms with Crippen molar-refractivity contribution in [2.45, 2.75) is 57.5 Å². The van der Waals surface area contributed by atoms with Crippen molar-refractivity contribution in [3.05, 3.63) is 129 Å². The quantitative estimate of drug-likeness (QED) is 0.0870. The monoisotopic (exact) mass is 686 g/mol. The van der Waals surface area contributed by atoms with E-state index in [0.717, 1.165) is 39.9 Å². The zero-order valence-electron chi connectivity index (χ0n) is 28.2. The Kier molecular flexibility index (Phi) is 12.5. The van der Waals surface area contributed by atoms with Crippen LogP contribution in [0.4, 0.5) is 11.4 Å². The Hall–Kier alpha value is -5.23. The Balaban J connectivity index is 1.83. The first-order valence-electron chi connectivity index (χ1n) is 16.0. The molecule has 12 heteroatoms. The second-order valence-electron chi connectivity index (χ2n) is 11.8. The summed E-state index contributed by atoms with van der Waals surface area (Å²) in [5, 5.41) is 14.7. The molecule has 0 fully saturated rings. The average Bonchev–Trinajstić information content (AvgIpc) is 3.09. The zero-order chi connectivity index (χ0) is 35.6. The van der Waals surface area contributed by atoms with Crippen molar-refractivity contribution >= 4 is 33.2 Å². The number of nitrogens with zero attached hydrogens (tertiary/aromatic N) is 3. The van der Waals surface area contributed by atoms with Crippen LogP contribution in [0.5, 0.6) is 5.75 Å². The summed E-state index contributed by atoms with van der Waals surface area (Å²) in [6.45, 7) is 5.22. The maximum Gasteiger partial charge on any atom is 0.273 e.